The zero-order valence-electron chi connectivity index (χ0n) is 10.6. The first kappa shape index (κ1) is 12.6. The van der Waals surface area contributed by atoms with Crippen molar-refractivity contribution in [1.29, 1.82) is 0 Å². The highest BCUT2D eigenvalue weighted by Crippen LogP contribution is 2.16. The molecule has 0 amide bonds. The second kappa shape index (κ2) is 5.63. The van der Waals surface area contributed by atoms with Crippen LogP contribution in [-0.2, 0) is 17.9 Å². The highest BCUT2D eigenvalue weighted by Gasteiger charge is 2.22. The first-order valence-corrected chi connectivity index (χ1v) is 6.24. The summed E-state index contributed by atoms with van der Waals surface area (Å²) in [5, 5.41) is 9.31. The lowest BCUT2D eigenvalue weighted by Crippen LogP contribution is -2.44. The van der Waals surface area contributed by atoms with Crippen molar-refractivity contribution < 1.29 is 9.84 Å². The molecule has 1 aromatic carbocycles. The molecule has 1 aliphatic rings. The van der Waals surface area contributed by atoms with E-state index in [1.165, 1.54) is 5.56 Å². The molecule has 2 rings (SSSR count). The topological polar surface area (TPSA) is 32.7 Å². The van der Waals surface area contributed by atoms with E-state index in [2.05, 4.69) is 24.8 Å². The van der Waals surface area contributed by atoms with Crippen LogP contribution in [0.15, 0.2) is 24.3 Å². The maximum absolute atomic E-state index is 9.31. The molecule has 0 aromatic heterocycles. The van der Waals surface area contributed by atoms with Gasteiger partial charge in [-0.1, -0.05) is 24.3 Å². The van der Waals surface area contributed by atoms with Crippen LogP contribution in [0.3, 0.4) is 0 Å². The van der Waals surface area contributed by atoms with E-state index >= 15 is 0 Å². The highest BCUT2D eigenvalue weighted by molar-refractivity contribution is 5.26. The SMILES string of the molecule is CC1CN(Cc2ccccc2CO)CC(C)O1. The lowest BCUT2D eigenvalue weighted by molar-refractivity contribution is -0.0705. The van der Waals surface area contributed by atoms with Crippen molar-refractivity contribution in [2.45, 2.75) is 39.2 Å². The number of hydrogen-bond acceptors (Lipinski definition) is 3. The van der Waals surface area contributed by atoms with E-state index in [0.29, 0.717) is 12.2 Å². The van der Waals surface area contributed by atoms with Gasteiger partial charge in [0.25, 0.3) is 0 Å². The highest BCUT2D eigenvalue weighted by atomic mass is 16.5. The minimum Gasteiger partial charge on any atom is -0.392 e. The van der Waals surface area contributed by atoms with Crippen LogP contribution in [0.1, 0.15) is 25.0 Å². The lowest BCUT2D eigenvalue weighted by atomic mass is 10.1. The van der Waals surface area contributed by atoms with E-state index in [1.54, 1.807) is 0 Å². The van der Waals surface area contributed by atoms with Crippen LogP contribution in [0.5, 0.6) is 0 Å². The van der Waals surface area contributed by atoms with Crippen molar-refractivity contribution >= 4 is 0 Å². The summed E-state index contributed by atoms with van der Waals surface area (Å²) in [6.07, 6.45) is 0.583. The van der Waals surface area contributed by atoms with E-state index < -0.39 is 0 Å². The average molecular weight is 235 g/mol. The maximum atomic E-state index is 9.31. The Bertz CT molecular complexity index is 357. The van der Waals surface area contributed by atoms with Gasteiger partial charge in [-0.25, -0.2) is 0 Å². The predicted molar refractivity (Wildman–Crippen MR) is 67.7 cm³/mol. The number of nitrogens with zero attached hydrogens (tertiary/aromatic N) is 1. The van der Waals surface area contributed by atoms with Crippen molar-refractivity contribution in [3.63, 3.8) is 0 Å². The van der Waals surface area contributed by atoms with Crippen LogP contribution in [-0.4, -0.2) is 35.3 Å². The number of ether oxygens (including phenoxy) is 1. The summed E-state index contributed by atoms with van der Waals surface area (Å²) in [7, 11) is 0. The molecule has 0 saturated carbocycles. The summed E-state index contributed by atoms with van der Waals surface area (Å²) in [5.74, 6) is 0. The second-order valence-electron chi connectivity index (χ2n) is 4.88. The third-order valence-corrected chi connectivity index (χ3v) is 3.18. The number of morpholine rings is 1. The van der Waals surface area contributed by atoms with Crippen molar-refractivity contribution in [1.82, 2.24) is 4.90 Å². The Hall–Kier alpha value is -0.900. The monoisotopic (exact) mass is 235 g/mol. The Balaban J connectivity index is 2.04. The molecular weight excluding hydrogens is 214 g/mol. The largest absolute Gasteiger partial charge is 0.392 e. The number of benzene rings is 1. The molecule has 1 heterocycles. The molecule has 1 aliphatic heterocycles. The lowest BCUT2D eigenvalue weighted by Gasteiger charge is -2.35. The quantitative estimate of drug-likeness (QED) is 0.867. The van der Waals surface area contributed by atoms with Gasteiger partial charge in [0.05, 0.1) is 18.8 Å². The van der Waals surface area contributed by atoms with Crippen LogP contribution in [0, 0.1) is 0 Å². The van der Waals surface area contributed by atoms with Crippen molar-refractivity contribution in [2.75, 3.05) is 13.1 Å². The van der Waals surface area contributed by atoms with Crippen LogP contribution >= 0.6 is 0 Å². The summed E-state index contributed by atoms with van der Waals surface area (Å²) in [5.41, 5.74) is 2.25. The summed E-state index contributed by atoms with van der Waals surface area (Å²) in [6, 6.07) is 8.08. The molecule has 0 bridgehead atoms. The van der Waals surface area contributed by atoms with E-state index in [9.17, 15) is 5.11 Å². The molecule has 0 aliphatic carbocycles. The zero-order valence-corrected chi connectivity index (χ0v) is 10.6. The van der Waals surface area contributed by atoms with Gasteiger partial charge in [0.1, 0.15) is 0 Å². The Morgan fingerprint density at radius 2 is 1.76 bits per heavy atom. The zero-order chi connectivity index (χ0) is 12.3. The molecule has 0 spiro atoms. The van der Waals surface area contributed by atoms with Crippen LogP contribution in [0.2, 0.25) is 0 Å². The van der Waals surface area contributed by atoms with Gasteiger partial charge in [-0.05, 0) is 25.0 Å². The van der Waals surface area contributed by atoms with Crippen LogP contribution in [0.25, 0.3) is 0 Å². The van der Waals surface area contributed by atoms with Crippen molar-refractivity contribution in [3.8, 4) is 0 Å². The van der Waals surface area contributed by atoms with E-state index in [1.807, 2.05) is 18.2 Å². The predicted octanol–water partition coefficient (Wildman–Crippen LogP) is 1.79. The molecule has 1 fully saturated rings. The van der Waals surface area contributed by atoms with Gasteiger partial charge in [0.15, 0.2) is 0 Å². The fourth-order valence-corrected chi connectivity index (χ4v) is 2.52. The van der Waals surface area contributed by atoms with Crippen LogP contribution in [0.4, 0.5) is 0 Å². The molecule has 0 radical (unpaired) electrons. The van der Waals surface area contributed by atoms with Crippen molar-refractivity contribution in [2.24, 2.45) is 0 Å². The summed E-state index contributed by atoms with van der Waals surface area (Å²) in [6.45, 7) is 7.16. The molecule has 2 atom stereocenters. The molecule has 3 nitrogen and oxygen atoms in total. The van der Waals surface area contributed by atoms with Crippen molar-refractivity contribution in [3.05, 3.63) is 35.4 Å². The number of hydrogen-bond donors (Lipinski definition) is 1. The summed E-state index contributed by atoms with van der Waals surface area (Å²) < 4.78 is 5.72. The summed E-state index contributed by atoms with van der Waals surface area (Å²) >= 11 is 0. The number of aliphatic hydroxyl groups is 1. The molecule has 3 heteroatoms. The van der Waals surface area contributed by atoms with Crippen LogP contribution < -0.4 is 0 Å². The Morgan fingerprint density at radius 3 is 2.35 bits per heavy atom. The Morgan fingerprint density at radius 1 is 1.18 bits per heavy atom. The van der Waals surface area contributed by atoms with Gasteiger partial charge in [0, 0.05) is 19.6 Å². The fraction of sp³-hybridized carbons (Fsp3) is 0.571. The molecule has 1 saturated heterocycles. The van der Waals surface area contributed by atoms with Gasteiger partial charge in [-0.15, -0.1) is 0 Å². The minimum absolute atomic E-state index is 0.117. The van der Waals surface area contributed by atoms with E-state index in [4.69, 9.17) is 4.74 Å². The molecular formula is C14H21NO2. The molecule has 17 heavy (non-hydrogen) atoms. The van der Waals surface area contributed by atoms with Gasteiger partial charge in [-0.3, -0.25) is 4.90 Å². The number of rotatable bonds is 3. The molecule has 94 valence electrons. The van der Waals surface area contributed by atoms with Gasteiger partial charge in [0.2, 0.25) is 0 Å². The minimum atomic E-state index is 0.117. The average Bonchev–Trinajstić information content (AvgIpc) is 2.28. The smallest absolute Gasteiger partial charge is 0.0685 e. The van der Waals surface area contributed by atoms with Gasteiger partial charge < -0.3 is 9.84 Å². The van der Waals surface area contributed by atoms with Gasteiger partial charge in [-0.2, -0.15) is 0 Å². The Kier molecular flexibility index (Phi) is 4.15. The standard InChI is InChI=1S/C14H21NO2/c1-11-7-15(8-12(2)17-11)9-13-5-3-4-6-14(13)10-16/h3-6,11-12,16H,7-10H2,1-2H3. The first-order chi connectivity index (χ1) is 8.19. The summed E-state index contributed by atoms with van der Waals surface area (Å²) in [4.78, 5) is 2.40. The Labute approximate surface area is 103 Å². The van der Waals surface area contributed by atoms with E-state index in [-0.39, 0.29) is 6.61 Å². The van der Waals surface area contributed by atoms with Gasteiger partial charge >= 0.3 is 0 Å². The fourth-order valence-electron chi connectivity index (χ4n) is 2.52. The van der Waals surface area contributed by atoms with E-state index in [0.717, 1.165) is 25.2 Å². The third-order valence-electron chi connectivity index (χ3n) is 3.18. The number of aliphatic hydroxyl groups excluding tert-OH is 1. The first-order valence-electron chi connectivity index (χ1n) is 6.24. The normalized spacial score (nSPS) is 26.1. The molecule has 1 N–H and O–H groups in total. The molecule has 1 aromatic rings. The maximum Gasteiger partial charge on any atom is 0.0685 e. The second-order valence-corrected chi connectivity index (χ2v) is 4.88. The molecule has 2 unspecified atom stereocenters. The third kappa shape index (κ3) is 3.28.